The summed E-state index contributed by atoms with van der Waals surface area (Å²) >= 11 is 11.7. The Balaban J connectivity index is 1.89. The number of carbonyl (C=O) groups is 2. The smallest absolute Gasteiger partial charge is 0.471 e. The Morgan fingerprint density at radius 3 is 2.36 bits per heavy atom. The normalized spacial score (nSPS) is 15.7. The topological polar surface area (TPSA) is 49.9 Å². The highest BCUT2D eigenvalue weighted by Gasteiger charge is 2.42. The molecule has 10 heteroatoms. The fraction of sp³-hybridized carbons (Fsp3) is 0.467. The molecule has 0 unspecified atom stereocenters. The van der Waals surface area contributed by atoms with Gasteiger partial charge in [-0.05, 0) is 24.6 Å². The lowest BCUT2D eigenvalue weighted by Gasteiger charge is -2.23. The van der Waals surface area contributed by atoms with Crippen molar-refractivity contribution in [1.29, 1.82) is 0 Å². The minimum absolute atomic E-state index is 0.0123. The van der Waals surface area contributed by atoms with Crippen LogP contribution in [-0.2, 0) is 9.59 Å². The molecule has 1 aromatic rings. The highest BCUT2D eigenvalue weighted by Crippen LogP contribution is 2.27. The summed E-state index contributed by atoms with van der Waals surface area (Å²) in [6.07, 6.45) is -4.65. The van der Waals surface area contributed by atoms with E-state index in [0.29, 0.717) is 9.92 Å². The van der Waals surface area contributed by atoms with Gasteiger partial charge in [-0.1, -0.05) is 23.2 Å². The van der Waals surface area contributed by atoms with E-state index in [1.54, 1.807) is 6.07 Å². The number of rotatable bonds is 3. The Hall–Kier alpha value is -1.67. The van der Waals surface area contributed by atoms with Gasteiger partial charge in [-0.3, -0.25) is 9.59 Å². The summed E-state index contributed by atoms with van der Waals surface area (Å²) < 4.78 is 42.8. The zero-order valence-electron chi connectivity index (χ0n) is 13.0. The van der Waals surface area contributed by atoms with E-state index in [0.717, 1.165) is 0 Å². The van der Waals surface area contributed by atoms with E-state index in [-0.39, 0.29) is 50.0 Å². The molecule has 0 radical (unpaired) electrons. The van der Waals surface area contributed by atoms with Crippen LogP contribution >= 0.6 is 23.2 Å². The van der Waals surface area contributed by atoms with Gasteiger partial charge in [0.05, 0.1) is 5.02 Å². The van der Waals surface area contributed by atoms with Gasteiger partial charge in [0.15, 0.2) is 6.61 Å². The molecule has 1 fully saturated rings. The van der Waals surface area contributed by atoms with Crippen molar-refractivity contribution in [2.24, 2.45) is 0 Å². The van der Waals surface area contributed by atoms with Crippen LogP contribution < -0.4 is 4.74 Å². The lowest BCUT2D eigenvalue weighted by Crippen LogP contribution is -2.44. The first-order chi connectivity index (χ1) is 11.7. The predicted octanol–water partition coefficient (Wildman–Crippen LogP) is 3.00. The third kappa shape index (κ3) is 5.40. The standard InChI is InChI=1S/C15H15Cl2F3N2O3/c16-10-2-3-12(11(17)8-10)25-9-13(23)21-4-1-5-22(7-6-21)14(24)15(18,19)20/h2-3,8H,1,4-7,9H2. The molecular weight excluding hydrogens is 384 g/mol. The first-order valence-electron chi connectivity index (χ1n) is 7.40. The van der Waals surface area contributed by atoms with Crippen LogP contribution in [0.4, 0.5) is 13.2 Å². The minimum atomic E-state index is -4.91. The zero-order chi connectivity index (χ0) is 18.6. The Bertz CT molecular complexity index is 655. The summed E-state index contributed by atoms with van der Waals surface area (Å²) in [5.74, 6) is -2.00. The van der Waals surface area contributed by atoms with Gasteiger partial charge in [0.1, 0.15) is 5.75 Å². The highest BCUT2D eigenvalue weighted by atomic mass is 35.5. The maximum Gasteiger partial charge on any atom is 0.471 e. The van der Waals surface area contributed by atoms with Gasteiger partial charge >= 0.3 is 12.1 Å². The van der Waals surface area contributed by atoms with E-state index < -0.39 is 18.0 Å². The van der Waals surface area contributed by atoms with Crippen molar-refractivity contribution in [3.8, 4) is 5.75 Å². The van der Waals surface area contributed by atoms with Crippen molar-refractivity contribution in [2.45, 2.75) is 12.6 Å². The molecule has 0 N–H and O–H groups in total. The molecule has 2 amide bonds. The van der Waals surface area contributed by atoms with Crippen LogP contribution in [0.5, 0.6) is 5.75 Å². The lowest BCUT2D eigenvalue weighted by atomic mass is 10.3. The number of ether oxygens (including phenoxy) is 1. The van der Waals surface area contributed by atoms with Crippen molar-refractivity contribution in [3.05, 3.63) is 28.2 Å². The molecule has 138 valence electrons. The first kappa shape index (κ1) is 19.7. The number of nitrogens with zero attached hydrogens (tertiary/aromatic N) is 2. The van der Waals surface area contributed by atoms with Crippen molar-refractivity contribution >= 4 is 35.0 Å². The third-order valence-electron chi connectivity index (χ3n) is 3.62. The van der Waals surface area contributed by atoms with Crippen LogP contribution in [0.3, 0.4) is 0 Å². The molecule has 2 rings (SSSR count). The molecule has 1 saturated heterocycles. The SMILES string of the molecule is O=C(COc1ccc(Cl)cc1Cl)N1CCCN(C(=O)C(F)(F)F)CC1. The minimum Gasteiger partial charge on any atom is -0.482 e. The molecule has 0 saturated carbocycles. The lowest BCUT2D eigenvalue weighted by molar-refractivity contribution is -0.185. The predicted molar refractivity (Wildman–Crippen MR) is 85.8 cm³/mol. The molecule has 1 aromatic carbocycles. The van der Waals surface area contributed by atoms with E-state index in [1.165, 1.54) is 17.0 Å². The summed E-state index contributed by atoms with van der Waals surface area (Å²) in [7, 11) is 0. The molecule has 25 heavy (non-hydrogen) atoms. The Labute approximate surface area is 152 Å². The van der Waals surface area contributed by atoms with Gasteiger partial charge in [-0.2, -0.15) is 13.2 Å². The average Bonchev–Trinajstić information content (AvgIpc) is 2.78. The number of carbonyl (C=O) groups excluding carboxylic acids is 2. The second-order valence-electron chi connectivity index (χ2n) is 5.39. The summed E-state index contributed by atoms with van der Waals surface area (Å²) in [4.78, 5) is 25.5. The molecular formula is C15H15Cl2F3N2O3. The van der Waals surface area contributed by atoms with Gasteiger partial charge in [-0.15, -0.1) is 0 Å². The maximum atomic E-state index is 12.5. The molecule has 0 aliphatic carbocycles. The van der Waals surface area contributed by atoms with Gasteiger partial charge in [0.2, 0.25) is 0 Å². The van der Waals surface area contributed by atoms with Crippen LogP contribution in [0.2, 0.25) is 10.0 Å². The molecule has 5 nitrogen and oxygen atoms in total. The van der Waals surface area contributed by atoms with Crippen LogP contribution in [0, 0.1) is 0 Å². The summed E-state index contributed by atoms with van der Waals surface area (Å²) in [6.45, 7) is -0.275. The van der Waals surface area contributed by atoms with Crippen molar-refractivity contribution in [1.82, 2.24) is 9.80 Å². The van der Waals surface area contributed by atoms with Crippen molar-refractivity contribution < 1.29 is 27.5 Å². The molecule has 0 atom stereocenters. The number of halogens is 5. The average molecular weight is 399 g/mol. The highest BCUT2D eigenvalue weighted by molar-refractivity contribution is 6.35. The van der Waals surface area contributed by atoms with E-state index in [9.17, 15) is 22.8 Å². The Morgan fingerprint density at radius 1 is 1.08 bits per heavy atom. The summed E-state index contributed by atoms with van der Waals surface area (Å²) in [6, 6.07) is 4.54. The molecule has 1 aliphatic rings. The quantitative estimate of drug-likeness (QED) is 0.786. The number of benzene rings is 1. The van der Waals surface area contributed by atoms with E-state index in [1.807, 2.05) is 0 Å². The monoisotopic (exact) mass is 398 g/mol. The van der Waals surface area contributed by atoms with Crippen LogP contribution in [0.15, 0.2) is 18.2 Å². The maximum absolute atomic E-state index is 12.5. The second kappa shape index (κ2) is 8.14. The third-order valence-corrected chi connectivity index (χ3v) is 4.15. The second-order valence-corrected chi connectivity index (χ2v) is 6.23. The van der Waals surface area contributed by atoms with E-state index >= 15 is 0 Å². The number of hydrogen-bond donors (Lipinski definition) is 0. The van der Waals surface area contributed by atoms with Crippen LogP contribution in [-0.4, -0.2) is 60.6 Å². The molecule has 1 aliphatic heterocycles. The Kier molecular flexibility index (Phi) is 6.40. The van der Waals surface area contributed by atoms with Gasteiger partial charge < -0.3 is 14.5 Å². The number of amides is 2. The molecule has 0 spiro atoms. The molecule has 0 aromatic heterocycles. The van der Waals surface area contributed by atoms with Crippen molar-refractivity contribution in [2.75, 3.05) is 32.8 Å². The largest absolute Gasteiger partial charge is 0.482 e. The van der Waals surface area contributed by atoms with Gasteiger partial charge in [0, 0.05) is 31.2 Å². The van der Waals surface area contributed by atoms with Crippen LogP contribution in [0.25, 0.3) is 0 Å². The van der Waals surface area contributed by atoms with Crippen molar-refractivity contribution in [3.63, 3.8) is 0 Å². The fourth-order valence-corrected chi connectivity index (χ4v) is 2.84. The van der Waals surface area contributed by atoms with Crippen LogP contribution in [0.1, 0.15) is 6.42 Å². The molecule has 0 bridgehead atoms. The summed E-state index contributed by atoms with van der Waals surface area (Å²) in [5.41, 5.74) is 0. The first-order valence-corrected chi connectivity index (χ1v) is 8.16. The van der Waals surface area contributed by atoms with Gasteiger partial charge in [0.25, 0.3) is 5.91 Å². The number of alkyl halides is 3. The molecule has 1 heterocycles. The Morgan fingerprint density at radius 2 is 1.72 bits per heavy atom. The van der Waals surface area contributed by atoms with E-state index in [4.69, 9.17) is 27.9 Å². The van der Waals surface area contributed by atoms with Gasteiger partial charge in [-0.25, -0.2) is 0 Å². The summed E-state index contributed by atoms with van der Waals surface area (Å²) in [5, 5.41) is 0.670. The van der Waals surface area contributed by atoms with E-state index in [2.05, 4.69) is 0 Å². The number of hydrogen-bond acceptors (Lipinski definition) is 3. The fourth-order valence-electron chi connectivity index (χ4n) is 2.37. The zero-order valence-corrected chi connectivity index (χ0v) is 14.5.